The van der Waals surface area contributed by atoms with Gasteiger partial charge < -0.3 is 10.0 Å². The highest BCUT2D eigenvalue weighted by Gasteiger charge is 2.49. The van der Waals surface area contributed by atoms with Crippen LogP contribution < -0.4 is 0 Å². The Kier molecular flexibility index (Phi) is 3.82. The zero-order valence-electron chi connectivity index (χ0n) is 14.9. The third-order valence-electron chi connectivity index (χ3n) is 6.51. The molecule has 2 bridgehead atoms. The van der Waals surface area contributed by atoms with E-state index >= 15 is 0 Å². The molecule has 1 saturated heterocycles. The van der Waals surface area contributed by atoms with Gasteiger partial charge in [0.05, 0.1) is 6.42 Å². The number of amides is 1. The van der Waals surface area contributed by atoms with Gasteiger partial charge in [0, 0.05) is 12.6 Å². The Labute approximate surface area is 149 Å². The Bertz CT molecular complexity index is 801. The number of nitrogens with zero attached hydrogens (tertiary/aromatic N) is 1. The molecule has 0 radical (unpaired) electrons. The standard InChI is InChI=1S/C22H25NO2/c1-15-20-13-17-8-9-18(24)14-19(17)22(15,2)10-11-23(20)21(25)12-16-6-4-3-5-7-16/h3-9,14-15,20,24H,10-13H2,1-2H3. The van der Waals surface area contributed by atoms with Gasteiger partial charge in [-0.25, -0.2) is 0 Å². The van der Waals surface area contributed by atoms with E-state index in [0.29, 0.717) is 18.1 Å². The summed E-state index contributed by atoms with van der Waals surface area (Å²) >= 11 is 0. The Morgan fingerprint density at radius 1 is 1.24 bits per heavy atom. The summed E-state index contributed by atoms with van der Waals surface area (Å²) < 4.78 is 0. The third-order valence-corrected chi connectivity index (χ3v) is 6.51. The van der Waals surface area contributed by atoms with E-state index in [9.17, 15) is 9.90 Å². The van der Waals surface area contributed by atoms with Gasteiger partial charge in [0.2, 0.25) is 5.91 Å². The monoisotopic (exact) mass is 335 g/mol. The lowest BCUT2D eigenvalue weighted by atomic mass is 9.59. The van der Waals surface area contributed by atoms with Crippen molar-refractivity contribution < 1.29 is 9.90 Å². The molecule has 2 aromatic rings. The van der Waals surface area contributed by atoms with Crippen LogP contribution in [0.25, 0.3) is 0 Å². The van der Waals surface area contributed by atoms with Crippen LogP contribution in [0.1, 0.15) is 37.0 Å². The molecule has 3 heteroatoms. The van der Waals surface area contributed by atoms with Gasteiger partial charge in [-0.2, -0.15) is 0 Å². The molecule has 0 saturated carbocycles. The van der Waals surface area contributed by atoms with Gasteiger partial charge in [-0.05, 0) is 53.0 Å². The van der Waals surface area contributed by atoms with E-state index in [1.165, 1.54) is 11.1 Å². The number of hydrogen-bond acceptors (Lipinski definition) is 2. The van der Waals surface area contributed by atoms with Crippen molar-refractivity contribution in [2.24, 2.45) is 5.92 Å². The fraction of sp³-hybridized carbons (Fsp3) is 0.409. The first kappa shape index (κ1) is 16.2. The second-order valence-electron chi connectivity index (χ2n) is 7.82. The SMILES string of the molecule is CC1C2Cc3ccc(O)cc3C1(C)CCN2C(=O)Cc1ccccc1. The van der Waals surface area contributed by atoms with Crippen molar-refractivity contribution in [3.63, 3.8) is 0 Å². The summed E-state index contributed by atoms with van der Waals surface area (Å²) in [5.41, 5.74) is 3.65. The molecule has 3 atom stereocenters. The predicted octanol–water partition coefficient (Wildman–Crippen LogP) is 3.69. The Morgan fingerprint density at radius 2 is 2.00 bits per heavy atom. The molecule has 3 unspecified atom stereocenters. The van der Waals surface area contributed by atoms with Crippen LogP contribution in [0.2, 0.25) is 0 Å². The number of hydrogen-bond donors (Lipinski definition) is 1. The second-order valence-corrected chi connectivity index (χ2v) is 7.82. The summed E-state index contributed by atoms with van der Waals surface area (Å²) in [7, 11) is 0. The first-order valence-electron chi connectivity index (χ1n) is 9.15. The number of carbonyl (C=O) groups is 1. The molecule has 25 heavy (non-hydrogen) atoms. The number of likely N-dealkylation sites (tertiary alicyclic amines) is 1. The molecular formula is C22H25NO2. The van der Waals surface area contributed by atoms with Crippen LogP contribution in [0.3, 0.4) is 0 Å². The summed E-state index contributed by atoms with van der Waals surface area (Å²) in [5, 5.41) is 9.93. The van der Waals surface area contributed by atoms with Crippen molar-refractivity contribution in [1.82, 2.24) is 4.90 Å². The van der Waals surface area contributed by atoms with Crippen LogP contribution in [0.5, 0.6) is 5.75 Å². The number of phenolic OH excluding ortho intramolecular Hbond substituents is 1. The van der Waals surface area contributed by atoms with Crippen molar-refractivity contribution in [1.29, 1.82) is 0 Å². The fourth-order valence-corrected chi connectivity index (χ4v) is 4.79. The van der Waals surface area contributed by atoms with Crippen molar-refractivity contribution in [2.45, 2.75) is 44.6 Å². The maximum atomic E-state index is 13.0. The molecule has 4 rings (SSSR count). The minimum atomic E-state index is 0.0283. The number of aromatic hydroxyl groups is 1. The quantitative estimate of drug-likeness (QED) is 0.909. The van der Waals surface area contributed by atoms with E-state index in [1.807, 2.05) is 42.5 Å². The van der Waals surface area contributed by atoms with Gasteiger partial charge in [-0.3, -0.25) is 4.79 Å². The number of piperidine rings is 1. The van der Waals surface area contributed by atoms with Gasteiger partial charge in [-0.1, -0.05) is 50.2 Å². The highest BCUT2D eigenvalue weighted by molar-refractivity contribution is 5.79. The van der Waals surface area contributed by atoms with Gasteiger partial charge in [-0.15, -0.1) is 0 Å². The Morgan fingerprint density at radius 3 is 2.76 bits per heavy atom. The van der Waals surface area contributed by atoms with Gasteiger partial charge in [0.1, 0.15) is 5.75 Å². The molecule has 0 aromatic heterocycles. The average molecular weight is 335 g/mol. The second kappa shape index (κ2) is 5.91. The molecule has 1 N–H and O–H groups in total. The van der Waals surface area contributed by atoms with Crippen molar-refractivity contribution in [2.75, 3.05) is 6.54 Å². The maximum Gasteiger partial charge on any atom is 0.227 e. The highest BCUT2D eigenvalue weighted by atomic mass is 16.3. The van der Waals surface area contributed by atoms with E-state index in [2.05, 4.69) is 18.7 Å². The third kappa shape index (κ3) is 2.62. The molecule has 1 aliphatic carbocycles. The zero-order valence-corrected chi connectivity index (χ0v) is 14.9. The number of carbonyl (C=O) groups excluding carboxylic acids is 1. The molecule has 1 fully saturated rings. The smallest absolute Gasteiger partial charge is 0.227 e. The fourth-order valence-electron chi connectivity index (χ4n) is 4.79. The van der Waals surface area contributed by atoms with Crippen LogP contribution in [0.15, 0.2) is 48.5 Å². The largest absolute Gasteiger partial charge is 0.508 e. The minimum absolute atomic E-state index is 0.0283. The summed E-state index contributed by atoms with van der Waals surface area (Å²) in [5.74, 6) is 0.954. The lowest BCUT2D eigenvalue weighted by molar-refractivity contribution is -0.137. The zero-order chi connectivity index (χ0) is 17.6. The predicted molar refractivity (Wildman–Crippen MR) is 98.6 cm³/mol. The first-order valence-corrected chi connectivity index (χ1v) is 9.15. The van der Waals surface area contributed by atoms with Gasteiger partial charge >= 0.3 is 0 Å². The summed E-state index contributed by atoms with van der Waals surface area (Å²) in [6.45, 7) is 5.35. The van der Waals surface area contributed by atoms with Crippen LogP contribution in [-0.2, 0) is 23.1 Å². The first-order chi connectivity index (χ1) is 12.0. The van der Waals surface area contributed by atoms with E-state index in [4.69, 9.17) is 0 Å². The average Bonchev–Trinajstić information content (AvgIpc) is 2.60. The Balaban J connectivity index is 1.63. The Hall–Kier alpha value is -2.29. The summed E-state index contributed by atoms with van der Waals surface area (Å²) in [6.07, 6.45) is 2.30. The number of benzene rings is 2. The molecule has 1 amide bonds. The van der Waals surface area contributed by atoms with Crippen LogP contribution in [-0.4, -0.2) is 28.5 Å². The topological polar surface area (TPSA) is 40.5 Å². The number of rotatable bonds is 2. The minimum Gasteiger partial charge on any atom is -0.508 e. The molecule has 3 nitrogen and oxygen atoms in total. The van der Waals surface area contributed by atoms with Crippen LogP contribution in [0, 0.1) is 5.92 Å². The van der Waals surface area contributed by atoms with Crippen LogP contribution >= 0.6 is 0 Å². The molecule has 1 aliphatic heterocycles. The highest BCUT2D eigenvalue weighted by Crippen LogP contribution is 2.49. The number of phenols is 1. The molecule has 2 aromatic carbocycles. The van der Waals surface area contributed by atoms with E-state index in [1.54, 1.807) is 6.07 Å². The van der Waals surface area contributed by atoms with Gasteiger partial charge in [0.15, 0.2) is 0 Å². The summed E-state index contributed by atoms with van der Waals surface area (Å²) in [4.78, 5) is 15.1. The van der Waals surface area contributed by atoms with E-state index in [-0.39, 0.29) is 17.4 Å². The number of fused-ring (bicyclic) bond motifs is 4. The van der Waals surface area contributed by atoms with Crippen molar-refractivity contribution in [3.05, 3.63) is 65.2 Å². The lowest BCUT2D eigenvalue weighted by Gasteiger charge is -2.54. The van der Waals surface area contributed by atoms with Crippen molar-refractivity contribution >= 4 is 5.91 Å². The molecular weight excluding hydrogens is 310 g/mol. The molecule has 130 valence electrons. The lowest BCUT2D eigenvalue weighted by Crippen LogP contribution is -2.59. The van der Waals surface area contributed by atoms with Crippen molar-refractivity contribution in [3.8, 4) is 5.75 Å². The normalized spacial score (nSPS) is 27.7. The van der Waals surface area contributed by atoms with Gasteiger partial charge in [0.25, 0.3) is 0 Å². The summed E-state index contributed by atoms with van der Waals surface area (Å²) in [6, 6.07) is 16.0. The maximum absolute atomic E-state index is 13.0. The molecule has 2 aliphatic rings. The molecule has 1 heterocycles. The van der Waals surface area contributed by atoms with E-state index < -0.39 is 0 Å². The van der Waals surface area contributed by atoms with Crippen LogP contribution in [0.4, 0.5) is 0 Å². The molecule has 0 spiro atoms. The van der Waals surface area contributed by atoms with E-state index in [0.717, 1.165) is 24.9 Å².